The third kappa shape index (κ3) is 1.86. The largest absolute Gasteiger partial charge is 0.508 e. The molecule has 0 saturated heterocycles. The summed E-state index contributed by atoms with van der Waals surface area (Å²) < 4.78 is 25.6. The van der Waals surface area contributed by atoms with Gasteiger partial charge in [-0.05, 0) is 12.1 Å². The Balaban J connectivity index is 3.16. The van der Waals surface area contributed by atoms with Crippen molar-refractivity contribution in [3.05, 3.63) is 23.8 Å². The molecular weight excluding hydrogens is 182 g/mol. The normalized spacial score (nSPS) is 11.6. The van der Waals surface area contributed by atoms with Crippen molar-refractivity contribution in [3.63, 3.8) is 0 Å². The van der Waals surface area contributed by atoms with E-state index in [1.807, 2.05) is 0 Å². The van der Waals surface area contributed by atoms with Gasteiger partial charge in [0.2, 0.25) is 0 Å². The molecular formula is C8H8F2O3. The maximum atomic E-state index is 12.8. The number of phenolic OH excluding ortho intramolecular Hbond substituents is 2. The molecule has 1 aromatic rings. The molecule has 0 aliphatic rings. The Morgan fingerprint density at radius 2 is 1.85 bits per heavy atom. The molecule has 0 amide bonds. The number of aromatic hydroxyl groups is 2. The van der Waals surface area contributed by atoms with Gasteiger partial charge >= 0.3 is 0 Å². The van der Waals surface area contributed by atoms with Crippen LogP contribution < -0.4 is 0 Å². The summed E-state index contributed by atoms with van der Waals surface area (Å²) in [6, 6.07) is 2.67. The number of aliphatic hydroxyl groups is 1. The lowest BCUT2D eigenvalue weighted by Crippen LogP contribution is -2.18. The maximum absolute atomic E-state index is 12.8. The quantitative estimate of drug-likeness (QED) is 0.656. The Kier molecular flexibility index (Phi) is 2.38. The highest BCUT2D eigenvalue weighted by molar-refractivity contribution is 5.41. The van der Waals surface area contributed by atoms with E-state index in [2.05, 4.69) is 0 Å². The van der Waals surface area contributed by atoms with Crippen LogP contribution in [-0.4, -0.2) is 21.9 Å². The molecule has 0 aliphatic heterocycles. The summed E-state index contributed by atoms with van der Waals surface area (Å²) in [5.74, 6) is -4.54. The highest BCUT2D eigenvalue weighted by Gasteiger charge is 2.33. The highest BCUT2D eigenvalue weighted by atomic mass is 19.3. The van der Waals surface area contributed by atoms with Gasteiger partial charge in [0, 0.05) is 6.07 Å². The van der Waals surface area contributed by atoms with Crippen molar-refractivity contribution in [3.8, 4) is 11.5 Å². The average molecular weight is 190 g/mol. The number of rotatable bonds is 2. The lowest BCUT2D eigenvalue weighted by molar-refractivity contribution is -0.0571. The van der Waals surface area contributed by atoms with Crippen LogP contribution in [0.5, 0.6) is 11.5 Å². The Morgan fingerprint density at radius 1 is 1.23 bits per heavy atom. The number of phenols is 2. The molecule has 0 atom stereocenters. The average Bonchev–Trinajstić information content (AvgIpc) is 2.03. The lowest BCUT2D eigenvalue weighted by atomic mass is 10.1. The minimum Gasteiger partial charge on any atom is -0.508 e. The molecule has 5 heteroatoms. The topological polar surface area (TPSA) is 60.7 Å². The minimum atomic E-state index is -3.49. The van der Waals surface area contributed by atoms with E-state index in [1.54, 1.807) is 0 Å². The van der Waals surface area contributed by atoms with Crippen molar-refractivity contribution >= 4 is 0 Å². The smallest absolute Gasteiger partial charge is 0.299 e. The van der Waals surface area contributed by atoms with Crippen molar-refractivity contribution in [1.82, 2.24) is 0 Å². The van der Waals surface area contributed by atoms with Gasteiger partial charge in [0.25, 0.3) is 5.92 Å². The zero-order valence-corrected chi connectivity index (χ0v) is 6.54. The molecule has 3 nitrogen and oxygen atoms in total. The van der Waals surface area contributed by atoms with Gasteiger partial charge in [0.15, 0.2) is 0 Å². The summed E-state index contributed by atoms with van der Waals surface area (Å²) >= 11 is 0. The Morgan fingerprint density at radius 3 is 2.31 bits per heavy atom. The molecule has 0 aliphatic carbocycles. The van der Waals surface area contributed by atoms with E-state index in [0.717, 1.165) is 18.2 Å². The predicted octanol–water partition coefficient (Wildman–Crippen LogP) is 1.18. The second-order valence-corrected chi connectivity index (χ2v) is 2.56. The molecule has 0 radical (unpaired) electrons. The molecule has 0 saturated carbocycles. The number of halogens is 2. The summed E-state index contributed by atoms with van der Waals surface area (Å²) in [7, 11) is 0. The fraction of sp³-hybridized carbons (Fsp3) is 0.250. The standard InChI is InChI=1S/C8H8F2O3/c9-8(10,4-11)6-2-1-5(12)3-7(6)13/h1-3,11-13H,4H2. The van der Waals surface area contributed by atoms with Gasteiger partial charge in [-0.25, -0.2) is 0 Å². The van der Waals surface area contributed by atoms with Gasteiger partial charge in [-0.15, -0.1) is 0 Å². The Bertz CT molecular complexity index is 312. The maximum Gasteiger partial charge on any atom is 0.299 e. The number of hydrogen-bond donors (Lipinski definition) is 3. The van der Waals surface area contributed by atoms with Gasteiger partial charge in [0.1, 0.15) is 18.1 Å². The third-order valence-corrected chi connectivity index (χ3v) is 1.57. The van der Waals surface area contributed by atoms with E-state index in [9.17, 15) is 8.78 Å². The molecule has 0 heterocycles. The SMILES string of the molecule is OCC(F)(F)c1ccc(O)cc1O. The van der Waals surface area contributed by atoms with Gasteiger partial charge in [0.05, 0.1) is 5.56 Å². The first-order valence-corrected chi connectivity index (χ1v) is 3.48. The zero-order valence-electron chi connectivity index (χ0n) is 6.54. The molecule has 0 spiro atoms. The third-order valence-electron chi connectivity index (χ3n) is 1.57. The number of aliphatic hydroxyl groups excluding tert-OH is 1. The Hall–Kier alpha value is -1.36. The minimum absolute atomic E-state index is 0.310. The van der Waals surface area contributed by atoms with Gasteiger partial charge < -0.3 is 15.3 Å². The van der Waals surface area contributed by atoms with Gasteiger partial charge in [-0.3, -0.25) is 0 Å². The molecule has 0 aromatic heterocycles. The van der Waals surface area contributed by atoms with E-state index in [0.29, 0.717) is 0 Å². The molecule has 0 fully saturated rings. The van der Waals surface area contributed by atoms with Crippen LogP contribution in [0.4, 0.5) is 8.78 Å². The van der Waals surface area contributed by atoms with Crippen molar-refractivity contribution in [2.45, 2.75) is 5.92 Å². The molecule has 1 aromatic carbocycles. The van der Waals surface area contributed by atoms with Crippen LogP contribution in [-0.2, 0) is 5.92 Å². The van der Waals surface area contributed by atoms with Crippen LogP contribution >= 0.6 is 0 Å². The monoisotopic (exact) mass is 190 g/mol. The first kappa shape index (κ1) is 9.73. The van der Waals surface area contributed by atoms with Crippen LogP contribution in [0.1, 0.15) is 5.56 Å². The van der Waals surface area contributed by atoms with Crippen molar-refractivity contribution in [1.29, 1.82) is 0 Å². The summed E-state index contributed by atoms with van der Waals surface area (Å²) in [5.41, 5.74) is -0.701. The molecule has 13 heavy (non-hydrogen) atoms. The van der Waals surface area contributed by atoms with Crippen molar-refractivity contribution in [2.24, 2.45) is 0 Å². The van der Waals surface area contributed by atoms with Crippen LogP contribution in [0.3, 0.4) is 0 Å². The number of alkyl halides is 2. The van der Waals surface area contributed by atoms with E-state index in [1.165, 1.54) is 0 Å². The van der Waals surface area contributed by atoms with E-state index in [4.69, 9.17) is 15.3 Å². The van der Waals surface area contributed by atoms with Gasteiger partial charge in [-0.1, -0.05) is 0 Å². The molecule has 3 N–H and O–H groups in total. The number of benzene rings is 1. The molecule has 72 valence electrons. The highest BCUT2D eigenvalue weighted by Crippen LogP contribution is 2.35. The second-order valence-electron chi connectivity index (χ2n) is 2.56. The van der Waals surface area contributed by atoms with Crippen molar-refractivity contribution < 1.29 is 24.1 Å². The summed E-state index contributed by atoms with van der Waals surface area (Å²) in [6.07, 6.45) is 0. The molecule has 0 unspecified atom stereocenters. The fourth-order valence-electron chi connectivity index (χ4n) is 0.914. The summed E-state index contributed by atoms with van der Waals surface area (Å²) in [5, 5.41) is 26.1. The first-order chi connectivity index (χ1) is 5.97. The van der Waals surface area contributed by atoms with Crippen molar-refractivity contribution in [2.75, 3.05) is 6.61 Å². The molecule has 1 rings (SSSR count). The summed E-state index contributed by atoms with van der Waals surface area (Å²) in [6.45, 7) is -1.38. The number of hydrogen-bond acceptors (Lipinski definition) is 3. The first-order valence-electron chi connectivity index (χ1n) is 3.48. The molecule has 0 bridgehead atoms. The lowest BCUT2D eigenvalue weighted by Gasteiger charge is -2.14. The zero-order chi connectivity index (χ0) is 10.1. The van der Waals surface area contributed by atoms with Crippen LogP contribution in [0.15, 0.2) is 18.2 Å². The Labute approximate surface area is 72.9 Å². The van der Waals surface area contributed by atoms with Crippen LogP contribution in [0.2, 0.25) is 0 Å². The van der Waals surface area contributed by atoms with E-state index < -0.39 is 23.8 Å². The summed E-state index contributed by atoms with van der Waals surface area (Å²) in [4.78, 5) is 0. The van der Waals surface area contributed by atoms with Gasteiger partial charge in [-0.2, -0.15) is 8.78 Å². The second kappa shape index (κ2) is 3.18. The predicted molar refractivity (Wildman–Crippen MR) is 40.8 cm³/mol. The van der Waals surface area contributed by atoms with E-state index in [-0.39, 0.29) is 5.75 Å². The fourth-order valence-corrected chi connectivity index (χ4v) is 0.914. The van der Waals surface area contributed by atoms with Crippen LogP contribution in [0.25, 0.3) is 0 Å². The van der Waals surface area contributed by atoms with E-state index >= 15 is 0 Å². The van der Waals surface area contributed by atoms with Crippen LogP contribution in [0, 0.1) is 0 Å².